The van der Waals surface area contributed by atoms with Crippen molar-refractivity contribution in [3.8, 4) is 0 Å². The van der Waals surface area contributed by atoms with Crippen molar-refractivity contribution in [3.05, 3.63) is 45.5 Å². The highest BCUT2D eigenvalue weighted by atomic mass is 35.5. The topological polar surface area (TPSA) is 66.5 Å². The van der Waals surface area contributed by atoms with Gasteiger partial charge in [-0.1, -0.05) is 23.2 Å². The average molecular weight is 397 g/mol. The summed E-state index contributed by atoms with van der Waals surface area (Å²) in [6, 6.07) is 6.49. The Bertz CT molecular complexity index is 839. The molecule has 2 aromatic rings. The molecule has 1 heterocycles. The van der Waals surface area contributed by atoms with E-state index in [1.807, 2.05) is 0 Å². The largest absolute Gasteiger partial charge is 0.322 e. The number of hydrogen-bond acceptors (Lipinski definition) is 4. The first-order valence-corrected chi connectivity index (χ1v) is 9.18. The van der Waals surface area contributed by atoms with E-state index in [-0.39, 0.29) is 14.9 Å². The first-order chi connectivity index (χ1) is 10.7. The molecule has 1 amide bonds. The second-order valence-electron chi connectivity index (χ2n) is 4.49. The van der Waals surface area contributed by atoms with Gasteiger partial charge in [0.05, 0.1) is 16.6 Å². The molecule has 5 nitrogen and oxygen atoms in total. The number of nitrogens with one attached hydrogen (secondary N) is 1. The predicted molar refractivity (Wildman–Crippen MR) is 89.2 cm³/mol. The summed E-state index contributed by atoms with van der Waals surface area (Å²) in [5.41, 5.74) is -0.118. The zero-order chi connectivity index (χ0) is 17.2. The Hall–Kier alpha value is -1.19. The number of carbonyl (C=O) groups excluding carboxylic acids is 1. The molecule has 0 unspecified atom stereocenters. The molecule has 0 aliphatic rings. The summed E-state index contributed by atoms with van der Waals surface area (Å²) in [5.74, 6) is -1.36. The molecule has 1 N–H and O–H groups in total. The van der Waals surface area contributed by atoms with Crippen LogP contribution in [-0.2, 0) is 14.8 Å². The van der Waals surface area contributed by atoms with Gasteiger partial charge in [0.1, 0.15) is 10.0 Å². The molecule has 1 aromatic carbocycles. The van der Waals surface area contributed by atoms with Crippen LogP contribution in [0.3, 0.4) is 0 Å². The molecule has 0 spiro atoms. The maximum atomic E-state index is 13.6. The molecule has 0 fully saturated rings. The van der Waals surface area contributed by atoms with Crippen LogP contribution in [0.2, 0.25) is 9.36 Å². The van der Waals surface area contributed by atoms with Gasteiger partial charge in [0.25, 0.3) is 10.0 Å². The molecule has 10 heteroatoms. The highest BCUT2D eigenvalue weighted by Crippen LogP contribution is 2.27. The Labute approximate surface area is 146 Å². The SMILES string of the molecule is CN(CC(=O)Nc1cc(Cl)ccc1F)S(=O)(=O)c1ccc(Cl)s1. The van der Waals surface area contributed by atoms with E-state index in [0.717, 1.165) is 21.7 Å². The summed E-state index contributed by atoms with van der Waals surface area (Å²) in [5, 5.41) is 2.53. The third kappa shape index (κ3) is 4.42. The van der Waals surface area contributed by atoms with Crippen molar-refractivity contribution >= 4 is 56.2 Å². The molecule has 0 radical (unpaired) electrons. The lowest BCUT2D eigenvalue weighted by atomic mass is 10.3. The number of hydrogen-bond donors (Lipinski definition) is 1. The molecular formula is C13H11Cl2FN2O3S2. The lowest BCUT2D eigenvalue weighted by molar-refractivity contribution is -0.116. The predicted octanol–water partition coefficient (Wildman–Crippen LogP) is 3.45. The number of nitrogens with zero attached hydrogens (tertiary/aromatic N) is 1. The minimum absolute atomic E-state index is 0.0201. The van der Waals surface area contributed by atoms with Crippen LogP contribution in [-0.4, -0.2) is 32.2 Å². The van der Waals surface area contributed by atoms with Crippen LogP contribution in [0.25, 0.3) is 0 Å². The summed E-state index contributed by atoms with van der Waals surface area (Å²) in [7, 11) is -2.59. The van der Waals surface area contributed by atoms with E-state index in [1.54, 1.807) is 0 Å². The van der Waals surface area contributed by atoms with Crippen LogP contribution >= 0.6 is 34.5 Å². The average Bonchev–Trinajstić information content (AvgIpc) is 2.90. The van der Waals surface area contributed by atoms with E-state index < -0.39 is 28.3 Å². The Morgan fingerprint density at radius 2 is 2.00 bits per heavy atom. The number of thiophene rings is 1. The van der Waals surface area contributed by atoms with Gasteiger partial charge in [-0.15, -0.1) is 11.3 Å². The minimum atomic E-state index is -3.84. The Morgan fingerprint density at radius 3 is 2.61 bits per heavy atom. The Balaban J connectivity index is 2.09. The fourth-order valence-electron chi connectivity index (χ4n) is 1.66. The van der Waals surface area contributed by atoms with Gasteiger partial charge in [-0.05, 0) is 30.3 Å². The molecule has 0 atom stereocenters. The van der Waals surface area contributed by atoms with Crippen LogP contribution in [0.5, 0.6) is 0 Å². The van der Waals surface area contributed by atoms with E-state index in [1.165, 1.54) is 31.3 Å². The van der Waals surface area contributed by atoms with Crippen LogP contribution in [0.4, 0.5) is 10.1 Å². The van der Waals surface area contributed by atoms with Gasteiger partial charge < -0.3 is 5.32 Å². The van der Waals surface area contributed by atoms with Crippen molar-refractivity contribution in [1.82, 2.24) is 4.31 Å². The molecule has 0 aliphatic carbocycles. The maximum absolute atomic E-state index is 13.6. The Morgan fingerprint density at radius 1 is 1.30 bits per heavy atom. The minimum Gasteiger partial charge on any atom is -0.322 e. The normalized spacial score (nSPS) is 11.7. The van der Waals surface area contributed by atoms with Gasteiger partial charge >= 0.3 is 0 Å². The highest BCUT2D eigenvalue weighted by molar-refractivity contribution is 7.91. The number of anilines is 1. The van der Waals surface area contributed by atoms with Crippen molar-refractivity contribution in [2.75, 3.05) is 18.9 Å². The molecule has 0 saturated heterocycles. The summed E-state index contributed by atoms with van der Waals surface area (Å²) in [4.78, 5) is 11.9. The molecule has 124 valence electrons. The second kappa shape index (κ2) is 7.14. The van der Waals surface area contributed by atoms with Crippen molar-refractivity contribution in [1.29, 1.82) is 0 Å². The smallest absolute Gasteiger partial charge is 0.252 e. The first-order valence-electron chi connectivity index (χ1n) is 6.17. The van der Waals surface area contributed by atoms with Crippen LogP contribution in [0, 0.1) is 5.82 Å². The maximum Gasteiger partial charge on any atom is 0.252 e. The number of benzene rings is 1. The van der Waals surface area contributed by atoms with Crippen LogP contribution in [0.1, 0.15) is 0 Å². The number of likely N-dealkylation sites (N-methyl/N-ethyl adjacent to an activating group) is 1. The standard InChI is InChI=1S/C13H11Cl2FN2O3S2/c1-18(23(20,21)13-5-4-11(15)22-13)7-12(19)17-10-6-8(14)2-3-9(10)16/h2-6H,7H2,1H3,(H,17,19). The van der Waals surface area contributed by atoms with E-state index in [9.17, 15) is 17.6 Å². The molecule has 1 aromatic heterocycles. The fraction of sp³-hybridized carbons (Fsp3) is 0.154. The molecule has 23 heavy (non-hydrogen) atoms. The van der Waals surface area contributed by atoms with Crippen molar-refractivity contribution < 1.29 is 17.6 Å². The number of amides is 1. The second-order valence-corrected chi connectivity index (χ2v) is 8.92. The molecule has 2 rings (SSSR count). The number of sulfonamides is 1. The number of rotatable bonds is 5. The van der Waals surface area contributed by atoms with Crippen molar-refractivity contribution in [3.63, 3.8) is 0 Å². The first kappa shape index (κ1) is 18.2. The monoisotopic (exact) mass is 396 g/mol. The van der Waals surface area contributed by atoms with Crippen LogP contribution < -0.4 is 5.32 Å². The van der Waals surface area contributed by atoms with Gasteiger partial charge in [-0.25, -0.2) is 12.8 Å². The molecule has 0 bridgehead atoms. The number of halogens is 3. The lowest BCUT2D eigenvalue weighted by Crippen LogP contribution is -2.34. The Kier molecular flexibility index (Phi) is 5.64. The van der Waals surface area contributed by atoms with E-state index in [0.29, 0.717) is 4.34 Å². The van der Waals surface area contributed by atoms with Crippen molar-refractivity contribution in [2.45, 2.75) is 4.21 Å². The van der Waals surface area contributed by atoms with Crippen molar-refractivity contribution in [2.24, 2.45) is 0 Å². The summed E-state index contributed by atoms with van der Waals surface area (Å²) in [6.45, 7) is -0.482. The lowest BCUT2D eigenvalue weighted by Gasteiger charge is -2.16. The van der Waals surface area contributed by atoms with Gasteiger partial charge in [-0.3, -0.25) is 4.79 Å². The van der Waals surface area contributed by atoms with E-state index in [4.69, 9.17) is 23.2 Å². The van der Waals surface area contributed by atoms with Gasteiger partial charge in [0.2, 0.25) is 5.91 Å². The summed E-state index contributed by atoms with van der Waals surface area (Å²) < 4.78 is 39.3. The molecule has 0 aliphatic heterocycles. The van der Waals surface area contributed by atoms with Crippen LogP contribution in [0.15, 0.2) is 34.5 Å². The van der Waals surface area contributed by atoms with Gasteiger partial charge in [0.15, 0.2) is 0 Å². The van der Waals surface area contributed by atoms with Gasteiger partial charge in [0, 0.05) is 12.1 Å². The molecule has 0 saturated carbocycles. The third-order valence-corrected chi connectivity index (χ3v) is 6.52. The quantitative estimate of drug-likeness (QED) is 0.841. The summed E-state index contributed by atoms with van der Waals surface area (Å²) >= 11 is 12.3. The van der Waals surface area contributed by atoms with E-state index in [2.05, 4.69) is 5.32 Å². The highest BCUT2D eigenvalue weighted by Gasteiger charge is 2.25. The third-order valence-electron chi connectivity index (χ3n) is 2.78. The van der Waals surface area contributed by atoms with Gasteiger partial charge in [-0.2, -0.15) is 4.31 Å². The number of carbonyl (C=O) groups is 1. The zero-order valence-electron chi connectivity index (χ0n) is 11.7. The van der Waals surface area contributed by atoms with E-state index >= 15 is 0 Å². The molecular weight excluding hydrogens is 386 g/mol. The summed E-state index contributed by atoms with van der Waals surface area (Å²) in [6.07, 6.45) is 0. The fourth-order valence-corrected chi connectivity index (χ4v) is 4.65. The zero-order valence-corrected chi connectivity index (χ0v) is 14.9.